The Hall–Kier alpha value is -1.65. The Morgan fingerprint density at radius 3 is 1.47 bits per heavy atom. The summed E-state index contributed by atoms with van der Waals surface area (Å²) in [6.45, 7) is 0. The Balaban J connectivity index is 1.50. The van der Waals surface area contributed by atoms with Gasteiger partial charge < -0.3 is 10.6 Å². The van der Waals surface area contributed by atoms with E-state index in [1.165, 1.54) is 135 Å². The summed E-state index contributed by atoms with van der Waals surface area (Å²) >= 11 is 0. The van der Waals surface area contributed by atoms with Crippen LogP contribution in [0.1, 0.15) is 159 Å². The van der Waals surface area contributed by atoms with E-state index in [0.717, 1.165) is 30.6 Å². The van der Waals surface area contributed by atoms with Gasteiger partial charge in [-0.25, -0.2) is 0 Å². The summed E-state index contributed by atoms with van der Waals surface area (Å²) in [6, 6.07) is 0.934. The van der Waals surface area contributed by atoms with Gasteiger partial charge in [0.2, 0.25) is 11.9 Å². The van der Waals surface area contributed by atoms with E-state index < -0.39 is 0 Å². The number of anilines is 2. The van der Waals surface area contributed by atoms with Crippen molar-refractivity contribution in [2.75, 3.05) is 10.6 Å². The van der Waals surface area contributed by atoms with Crippen LogP contribution in [0.5, 0.6) is 0 Å². The molecule has 0 saturated heterocycles. The topological polar surface area (TPSA) is 62.7 Å². The van der Waals surface area contributed by atoms with Gasteiger partial charge in [-0.05, 0) is 57.8 Å². The minimum absolute atomic E-state index is 0.446. The first-order valence-electron chi connectivity index (χ1n) is 15.8. The number of allylic oxidation sites excluding steroid dienone is 2. The van der Waals surface area contributed by atoms with E-state index in [-0.39, 0.29) is 0 Å². The molecule has 0 radical (unpaired) electrons. The standard InChI is InChI=1S/C31H53N5/c1-3-10-16-22-27(23-17-11-4-1)32-30-34-29(26-20-14-8-7-9-15-21-26)35-31(36-30)33-28-24-18-12-5-2-6-13-19-25-28/h3,10,26-28H,1-2,4-9,11-25H2,(H2,32,33,34,35,36)/b10-3-. The molecule has 0 bridgehead atoms. The highest BCUT2D eigenvalue weighted by Gasteiger charge is 2.21. The number of rotatable bonds is 5. The predicted octanol–water partition coefficient (Wildman–Crippen LogP) is 9.09. The molecular weight excluding hydrogens is 442 g/mol. The van der Waals surface area contributed by atoms with Crippen molar-refractivity contribution in [2.45, 2.75) is 166 Å². The molecule has 3 aliphatic rings. The summed E-state index contributed by atoms with van der Waals surface area (Å²) in [5.74, 6) is 3.16. The van der Waals surface area contributed by atoms with Gasteiger partial charge in [-0.3, -0.25) is 0 Å². The van der Waals surface area contributed by atoms with Crippen LogP contribution < -0.4 is 10.6 Å². The smallest absolute Gasteiger partial charge is 0.227 e. The first kappa shape index (κ1) is 27.4. The van der Waals surface area contributed by atoms with Gasteiger partial charge in [-0.2, -0.15) is 15.0 Å². The SMILES string of the molecule is C1=C\CCC(Nc2nc(NC3CCCCCCCCC3)nc(C3CCCCCCC3)n2)CCCCC/1. The van der Waals surface area contributed by atoms with Crippen LogP contribution in [0.25, 0.3) is 0 Å². The van der Waals surface area contributed by atoms with Gasteiger partial charge in [0.15, 0.2) is 0 Å². The molecule has 4 rings (SSSR count). The molecule has 5 nitrogen and oxygen atoms in total. The van der Waals surface area contributed by atoms with Crippen LogP contribution in [0.15, 0.2) is 12.2 Å². The summed E-state index contributed by atoms with van der Waals surface area (Å²) < 4.78 is 0. The van der Waals surface area contributed by atoms with Gasteiger partial charge in [0.05, 0.1) is 0 Å². The van der Waals surface area contributed by atoms with E-state index in [2.05, 4.69) is 22.8 Å². The van der Waals surface area contributed by atoms with E-state index in [0.29, 0.717) is 18.0 Å². The molecule has 5 heteroatoms. The van der Waals surface area contributed by atoms with Gasteiger partial charge in [-0.15, -0.1) is 0 Å². The second kappa shape index (κ2) is 16.2. The molecule has 202 valence electrons. The van der Waals surface area contributed by atoms with E-state index in [1.54, 1.807) is 0 Å². The van der Waals surface area contributed by atoms with Crippen LogP contribution in [0.4, 0.5) is 11.9 Å². The molecule has 1 heterocycles. The van der Waals surface area contributed by atoms with E-state index in [4.69, 9.17) is 15.0 Å². The second-order valence-electron chi connectivity index (χ2n) is 11.8. The molecular formula is C31H53N5. The molecule has 0 aliphatic heterocycles. The Morgan fingerprint density at radius 1 is 0.444 bits per heavy atom. The fourth-order valence-corrected chi connectivity index (χ4v) is 6.39. The monoisotopic (exact) mass is 495 g/mol. The van der Waals surface area contributed by atoms with Crippen molar-refractivity contribution in [1.29, 1.82) is 0 Å². The molecule has 2 fully saturated rings. The van der Waals surface area contributed by atoms with Crippen molar-refractivity contribution in [3.63, 3.8) is 0 Å². The third-order valence-electron chi connectivity index (χ3n) is 8.67. The number of nitrogens with zero attached hydrogens (tertiary/aromatic N) is 3. The first-order chi connectivity index (χ1) is 17.9. The molecule has 1 aromatic heterocycles. The summed E-state index contributed by atoms with van der Waals surface area (Å²) in [5.41, 5.74) is 0. The third-order valence-corrected chi connectivity index (χ3v) is 8.67. The highest BCUT2D eigenvalue weighted by molar-refractivity contribution is 5.37. The maximum absolute atomic E-state index is 5.09. The molecule has 1 atom stereocenters. The van der Waals surface area contributed by atoms with Crippen molar-refractivity contribution in [2.24, 2.45) is 0 Å². The van der Waals surface area contributed by atoms with Crippen LogP contribution in [-0.2, 0) is 0 Å². The Bertz CT molecular complexity index is 745. The molecule has 3 aliphatic carbocycles. The van der Waals surface area contributed by atoms with E-state index >= 15 is 0 Å². The molecule has 0 aromatic carbocycles. The molecule has 1 unspecified atom stereocenters. The van der Waals surface area contributed by atoms with Gasteiger partial charge in [0.25, 0.3) is 0 Å². The fourth-order valence-electron chi connectivity index (χ4n) is 6.39. The van der Waals surface area contributed by atoms with Crippen LogP contribution in [0, 0.1) is 0 Å². The third kappa shape index (κ3) is 10.0. The predicted molar refractivity (Wildman–Crippen MR) is 153 cm³/mol. The van der Waals surface area contributed by atoms with Crippen LogP contribution in [0.2, 0.25) is 0 Å². The maximum Gasteiger partial charge on any atom is 0.227 e. The highest BCUT2D eigenvalue weighted by atomic mass is 15.2. The average molecular weight is 496 g/mol. The second-order valence-corrected chi connectivity index (χ2v) is 11.8. The number of nitrogens with one attached hydrogen (secondary N) is 2. The molecule has 2 N–H and O–H groups in total. The lowest BCUT2D eigenvalue weighted by Crippen LogP contribution is -2.25. The Labute approximate surface area is 221 Å². The molecule has 1 aromatic rings. The van der Waals surface area contributed by atoms with Crippen LogP contribution in [0.3, 0.4) is 0 Å². The van der Waals surface area contributed by atoms with Gasteiger partial charge in [0, 0.05) is 18.0 Å². The zero-order chi connectivity index (χ0) is 24.7. The largest absolute Gasteiger partial charge is 0.351 e. The summed E-state index contributed by atoms with van der Waals surface area (Å²) in [5, 5.41) is 7.60. The average Bonchev–Trinajstić information content (AvgIpc) is 2.87. The molecule has 2 saturated carbocycles. The molecule has 0 amide bonds. The quantitative estimate of drug-likeness (QED) is 0.399. The summed E-state index contributed by atoms with van der Waals surface area (Å²) in [6.07, 6.45) is 34.7. The number of hydrogen-bond acceptors (Lipinski definition) is 5. The molecule has 36 heavy (non-hydrogen) atoms. The Kier molecular flexibility index (Phi) is 12.4. The van der Waals surface area contributed by atoms with Crippen molar-refractivity contribution >= 4 is 11.9 Å². The minimum atomic E-state index is 0.446. The zero-order valence-electron chi connectivity index (χ0n) is 23.0. The zero-order valence-corrected chi connectivity index (χ0v) is 23.0. The lowest BCUT2D eigenvalue weighted by atomic mass is 9.90. The number of aromatic nitrogens is 3. The first-order valence-corrected chi connectivity index (χ1v) is 15.8. The van der Waals surface area contributed by atoms with Gasteiger partial charge in [0.1, 0.15) is 5.82 Å². The van der Waals surface area contributed by atoms with Crippen LogP contribution in [-0.4, -0.2) is 27.0 Å². The van der Waals surface area contributed by atoms with Crippen molar-refractivity contribution in [3.8, 4) is 0 Å². The highest BCUT2D eigenvalue weighted by Crippen LogP contribution is 2.30. The summed E-state index contributed by atoms with van der Waals surface area (Å²) in [7, 11) is 0. The number of hydrogen-bond donors (Lipinski definition) is 2. The van der Waals surface area contributed by atoms with Crippen molar-refractivity contribution in [1.82, 2.24) is 15.0 Å². The molecule has 0 spiro atoms. The Morgan fingerprint density at radius 2 is 0.889 bits per heavy atom. The lowest BCUT2D eigenvalue weighted by molar-refractivity contribution is 0.441. The van der Waals surface area contributed by atoms with Crippen molar-refractivity contribution in [3.05, 3.63) is 18.0 Å². The fraction of sp³-hybridized carbons (Fsp3) is 0.839. The van der Waals surface area contributed by atoms with Crippen molar-refractivity contribution < 1.29 is 0 Å². The van der Waals surface area contributed by atoms with E-state index in [1.807, 2.05) is 0 Å². The van der Waals surface area contributed by atoms with Gasteiger partial charge in [-0.1, -0.05) is 102 Å². The van der Waals surface area contributed by atoms with Gasteiger partial charge >= 0.3 is 0 Å². The van der Waals surface area contributed by atoms with E-state index in [9.17, 15) is 0 Å². The summed E-state index contributed by atoms with van der Waals surface area (Å²) in [4.78, 5) is 15.2. The lowest BCUT2D eigenvalue weighted by Gasteiger charge is -2.24. The normalized spacial score (nSPS) is 25.7. The van der Waals surface area contributed by atoms with Crippen LogP contribution >= 0.6 is 0 Å². The minimum Gasteiger partial charge on any atom is -0.351 e. The maximum atomic E-state index is 5.09.